The second-order valence-corrected chi connectivity index (χ2v) is 4.95. The Balaban J connectivity index is 1.99. The van der Waals surface area contributed by atoms with Crippen LogP contribution in [0.2, 0.25) is 0 Å². The molecule has 3 rings (SSSR count). The standard InChI is InChI=1S/C14H15NO4/c1-18-10-4-2-3-9(7-10)11-8-19-13(17)14(11)6-5-12(16)15-14/h2-4,7,11H,5-6,8H2,1H3,(H,15,16)/t11-,14+/m1/s1. The van der Waals surface area contributed by atoms with Crippen LogP contribution in [0.15, 0.2) is 24.3 Å². The maximum atomic E-state index is 12.0. The molecule has 1 spiro atoms. The highest BCUT2D eigenvalue weighted by Crippen LogP contribution is 2.42. The Hall–Kier alpha value is -2.04. The van der Waals surface area contributed by atoms with Crippen LogP contribution >= 0.6 is 0 Å². The molecular weight excluding hydrogens is 246 g/mol. The lowest BCUT2D eigenvalue weighted by Gasteiger charge is -2.26. The Bertz CT molecular complexity index is 542. The number of amides is 1. The van der Waals surface area contributed by atoms with E-state index in [0.29, 0.717) is 19.4 Å². The predicted octanol–water partition coefficient (Wildman–Crippen LogP) is 0.984. The van der Waals surface area contributed by atoms with Crippen LogP contribution in [0.5, 0.6) is 5.75 Å². The molecule has 2 fully saturated rings. The minimum Gasteiger partial charge on any atom is -0.497 e. The quantitative estimate of drug-likeness (QED) is 0.806. The summed E-state index contributed by atoms with van der Waals surface area (Å²) in [5.41, 5.74) is 0.0658. The van der Waals surface area contributed by atoms with Crippen LogP contribution in [0.1, 0.15) is 24.3 Å². The lowest BCUT2D eigenvalue weighted by molar-refractivity contribution is -0.143. The van der Waals surface area contributed by atoms with Crippen molar-refractivity contribution in [1.29, 1.82) is 0 Å². The molecule has 19 heavy (non-hydrogen) atoms. The molecule has 5 heteroatoms. The Labute approximate surface area is 110 Å². The molecule has 0 saturated carbocycles. The molecule has 5 nitrogen and oxygen atoms in total. The third kappa shape index (κ3) is 1.77. The van der Waals surface area contributed by atoms with Gasteiger partial charge in [-0.3, -0.25) is 4.79 Å². The topological polar surface area (TPSA) is 64.6 Å². The normalized spacial score (nSPS) is 29.4. The first-order valence-electron chi connectivity index (χ1n) is 6.28. The summed E-state index contributed by atoms with van der Waals surface area (Å²) in [4.78, 5) is 23.5. The van der Waals surface area contributed by atoms with Crippen LogP contribution in [0.3, 0.4) is 0 Å². The summed E-state index contributed by atoms with van der Waals surface area (Å²) in [7, 11) is 1.60. The van der Waals surface area contributed by atoms with E-state index in [1.807, 2.05) is 24.3 Å². The molecular formula is C14H15NO4. The number of benzene rings is 1. The minimum atomic E-state index is -0.885. The van der Waals surface area contributed by atoms with Gasteiger partial charge in [-0.05, 0) is 24.1 Å². The summed E-state index contributed by atoms with van der Waals surface area (Å²) in [5.74, 6) is 0.163. The maximum Gasteiger partial charge on any atom is 0.332 e. The number of nitrogens with one attached hydrogen (secondary N) is 1. The first-order chi connectivity index (χ1) is 9.15. The molecule has 2 aliphatic heterocycles. The third-order valence-electron chi connectivity index (χ3n) is 3.95. The van der Waals surface area contributed by atoms with E-state index in [4.69, 9.17) is 9.47 Å². The van der Waals surface area contributed by atoms with Gasteiger partial charge < -0.3 is 14.8 Å². The summed E-state index contributed by atoms with van der Waals surface area (Å²) in [6, 6.07) is 7.54. The monoisotopic (exact) mass is 261 g/mol. The van der Waals surface area contributed by atoms with Gasteiger partial charge in [-0.2, -0.15) is 0 Å². The SMILES string of the molecule is COc1cccc([C@H]2COC(=O)[C@]23CCC(=O)N3)c1. The van der Waals surface area contributed by atoms with Crippen LogP contribution in [0.25, 0.3) is 0 Å². The molecule has 100 valence electrons. The number of methoxy groups -OCH3 is 1. The second kappa shape index (κ2) is 4.26. The fourth-order valence-electron chi connectivity index (χ4n) is 2.91. The van der Waals surface area contributed by atoms with E-state index in [1.54, 1.807) is 7.11 Å². The second-order valence-electron chi connectivity index (χ2n) is 4.95. The number of rotatable bonds is 2. The first kappa shape index (κ1) is 12.0. The fourth-order valence-corrected chi connectivity index (χ4v) is 2.91. The molecule has 2 heterocycles. The lowest BCUT2D eigenvalue weighted by Crippen LogP contribution is -2.49. The molecule has 2 aliphatic rings. The summed E-state index contributed by atoms with van der Waals surface area (Å²) in [5, 5.41) is 2.81. The van der Waals surface area contributed by atoms with Crippen molar-refractivity contribution in [3.8, 4) is 5.75 Å². The van der Waals surface area contributed by atoms with Gasteiger partial charge in [0.25, 0.3) is 0 Å². The Morgan fingerprint density at radius 3 is 2.95 bits per heavy atom. The van der Waals surface area contributed by atoms with E-state index < -0.39 is 5.54 Å². The van der Waals surface area contributed by atoms with Gasteiger partial charge in [0.1, 0.15) is 17.9 Å². The Kier molecular flexibility index (Phi) is 2.69. The molecule has 0 radical (unpaired) electrons. The van der Waals surface area contributed by atoms with Crippen molar-refractivity contribution in [2.24, 2.45) is 0 Å². The summed E-state index contributed by atoms with van der Waals surface area (Å²) in [6.45, 7) is 0.298. The summed E-state index contributed by atoms with van der Waals surface area (Å²) < 4.78 is 10.4. The molecule has 0 aromatic heterocycles. The van der Waals surface area contributed by atoms with Crippen molar-refractivity contribution in [3.05, 3.63) is 29.8 Å². The van der Waals surface area contributed by atoms with E-state index in [0.717, 1.165) is 11.3 Å². The highest BCUT2D eigenvalue weighted by Gasteiger charge is 2.56. The molecule has 1 aromatic carbocycles. The zero-order valence-corrected chi connectivity index (χ0v) is 10.6. The number of carbonyl (C=O) groups is 2. The summed E-state index contributed by atoms with van der Waals surface area (Å²) >= 11 is 0. The van der Waals surface area contributed by atoms with Crippen LogP contribution in [0, 0.1) is 0 Å². The van der Waals surface area contributed by atoms with Gasteiger partial charge in [0.15, 0.2) is 0 Å². The first-order valence-corrected chi connectivity index (χ1v) is 6.28. The van der Waals surface area contributed by atoms with Crippen molar-refractivity contribution in [3.63, 3.8) is 0 Å². The van der Waals surface area contributed by atoms with Crippen molar-refractivity contribution in [2.75, 3.05) is 13.7 Å². The van der Waals surface area contributed by atoms with Crippen molar-refractivity contribution < 1.29 is 19.1 Å². The number of carbonyl (C=O) groups excluding carboxylic acids is 2. The van der Waals surface area contributed by atoms with Crippen molar-refractivity contribution >= 4 is 11.9 Å². The van der Waals surface area contributed by atoms with Gasteiger partial charge in [-0.1, -0.05) is 12.1 Å². The van der Waals surface area contributed by atoms with E-state index in [9.17, 15) is 9.59 Å². The number of hydrogen-bond acceptors (Lipinski definition) is 4. The van der Waals surface area contributed by atoms with E-state index in [-0.39, 0.29) is 17.8 Å². The maximum absolute atomic E-state index is 12.0. The average Bonchev–Trinajstić information content (AvgIpc) is 2.96. The number of ether oxygens (including phenoxy) is 2. The molecule has 2 atom stereocenters. The fraction of sp³-hybridized carbons (Fsp3) is 0.429. The molecule has 1 aromatic rings. The highest BCUT2D eigenvalue weighted by molar-refractivity contribution is 5.94. The number of esters is 1. The Morgan fingerprint density at radius 1 is 1.42 bits per heavy atom. The van der Waals surface area contributed by atoms with Gasteiger partial charge in [0.2, 0.25) is 5.91 Å². The molecule has 1 amide bonds. The number of hydrogen-bond donors (Lipinski definition) is 1. The van der Waals surface area contributed by atoms with Crippen LogP contribution in [-0.4, -0.2) is 31.1 Å². The average molecular weight is 261 g/mol. The minimum absolute atomic E-state index is 0.0910. The van der Waals surface area contributed by atoms with Gasteiger partial charge >= 0.3 is 5.97 Å². The van der Waals surface area contributed by atoms with Crippen molar-refractivity contribution in [2.45, 2.75) is 24.3 Å². The zero-order valence-electron chi connectivity index (χ0n) is 10.6. The van der Waals surface area contributed by atoms with Gasteiger partial charge in [-0.25, -0.2) is 4.79 Å². The number of cyclic esters (lactones) is 1. The lowest BCUT2D eigenvalue weighted by atomic mass is 9.80. The third-order valence-corrected chi connectivity index (χ3v) is 3.95. The van der Waals surface area contributed by atoms with Crippen LogP contribution in [0.4, 0.5) is 0 Å². The van der Waals surface area contributed by atoms with E-state index >= 15 is 0 Å². The molecule has 0 unspecified atom stereocenters. The largest absolute Gasteiger partial charge is 0.497 e. The smallest absolute Gasteiger partial charge is 0.332 e. The van der Waals surface area contributed by atoms with E-state index in [1.165, 1.54) is 0 Å². The van der Waals surface area contributed by atoms with Gasteiger partial charge in [0, 0.05) is 6.42 Å². The van der Waals surface area contributed by atoms with Gasteiger partial charge in [-0.15, -0.1) is 0 Å². The predicted molar refractivity (Wildman–Crippen MR) is 66.8 cm³/mol. The molecule has 2 saturated heterocycles. The zero-order chi connectivity index (χ0) is 13.5. The summed E-state index contributed by atoms with van der Waals surface area (Å²) in [6.07, 6.45) is 0.863. The van der Waals surface area contributed by atoms with Crippen LogP contribution < -0.4 is 10.1 Å². The van der Waals surface area contributed by atoms with E-state index in [2.05, 4.69) is 5.32 Å². The molecule has 0 aliphatic carbocycles. The molecule has 0 bridgehead atoms. The van der Waals surface area contributed by atoms with Gasteiger partial charge in [0.05, 0.1) is 13.0 Å². The molecule has 1 N–H and O–H groups in total. The Morgan fingerprint density at radius 2 is 2.26 bits per heavy atom. The van der Waals surface area contributed by atoms with Crippen LogP contribution in [-0.2, 0) is 14.3 Å². The highest BCUT2D eigenvalue weighted by atomic mass is 16.5. The van der Waals surface area contributed by atoms with Crippen molar-refractivity contribution in [1.82, 2.24) is 5.32 Å².